The van der Waals surface area contributed by atoms with E-state index in [9.17, 15) is 4.21 Å². The fraction of sp³-hybridized carbons (Fsp3) is 0.312. The van der Waals surface area contributed by atoms with E-state index in [1.165, 1.54) is 4.88 Å². The van der Waals surface area contributed by atoms with Crippen molar-refractivity contribution in [3.63, 3.8) is 0 Å². The zero-order valence-electron chi connectivity index (χ0n) is 12.8. The molecule has 1 unspecified atom stereocenters. The monoisotopic (exact) mass is 463 g/mol. The van der Waals surface area contributed by atoms with Crippen LogP contribution in [-0.4, -0.2) is 29.0 Å². The number of nitrogens with two attached hydrogens (primary N) is 1. The third-order valence-electron chi connectivity index (χ3n) is 3.03. The highest BCUT2D eigenvalue weighted by molar-refractivity contribution is 14.0. The molecule has 0 aliphatic rings. The van der Waals surface area contributed by atoms with Gasteiger partial charge in [-0.3, -0.25) is 9.20 Å². The lowest BCUT2D eigenvalue weighted by atomic mass is 10.2. The Hall–Kier alpha value is -0.930. The van der Waals surface area contributed by atoms with Crippen LogP contribution >= 0.6 is 35.3 Å². The van der Waals surface area contributed by atoms with E-state index in [0.717, 1.165) is 18.5 Å². The molecule has 2 aromatic rings. The maximum absolute atomic E-state index is 11.9. The highest BCUT2D eigenvalue weighted by Crippen LogP contribution is 2.07. The molecule has 1 aromatic carbocycles. The summed E-state index contributed by atoms with van der Waals surface area (Å²) in [4.78, 5) is 5.54. The van der Waals surface area contributed by atoms with E-state index >= 15 is 0 Å². The third-order valence-corrected chi connectivity index (χ3v) is 5.26. The number of aliphatic imine (C=N–C) groups is 1. The van der Waals surface area contributed by atoms with Crippen molar-refractivity contribution in [2.24, 2.45) is 10.7 Å². The molecule has 0 fully saturated rings. The fourth-order valence-electron chi connectivity index (χ4n) is 1.92. The Labute approximate surface area is 161 Å². The SMILES string of the molecule is I.NC(=NCCS(=O)Cc1ccccc1)NCCc1cccs1. The molecule has 23 heavy (non-hydrogen) atoms. The number of guanidine groups is 1. The number of hydrogen-bond donors (Lipinski definition) is 2. The second-order valence-electron chi connectivity index (χ2n) is 4.80. The van der Waals surface area contributed by atoms with Crippen LogP contribution in [0, 0.1) is 0 Å². The van der Waals surface area contributed by atoms with Gasteiger partial charge in [-0.1, -0.05) is 36.4 Å². The molecule has 1 heterocycles. The molecule has 126 valence electrons. The van der Waals surface area contributed by atoms with Gasteiger partial charge in [-0.25, -0.2) is 0 Å². The molecule has 4 nitrogen and oxygen atoms in total. The minimum Gasteiger partial charge on any atom is -0.370 e. The highest BCUT2D eigenvalue weighted by Gasteiger charge is 2.01. The van der Waals surface area contributed by atoms with E-state index < -0.39 is 10.8 Å². The number of nitrogens with zero attached hydrogens (tertiary/aromatic N) is 1. The van der Waals surface area contributed by atoms with Crippen LogP contribution in [0.25, 0.3) is 0 Å². The van der Waals surface area contributed by atoms with Crippen molar-refractivity contribution in [2.45, 2.75) is 12.2 Å². The standard InChI is InChI=1S/C16H21N3OS2.HI/c17-16(18-9-8-15-7-4-11-21-15)19-10-12-22(20)13-14-5-2-1-3-6-14;/h1-7,11H,8-10,12-13H2,(H3,17,18,19);1H. The zero-order chi connectivity index (χ0) is 15.6. The molecule has 0 bridgehead atoms. The van der Waals surface area contributed by atoms with Gasteiger partial charge in [-0.15, -0.1) is 35.3 Å². The van der Waals surface area contributed by atoms with E-state index in [1.54, 1.807) is 11.3 Å². The van der Waals surface area contributed by atoms with Crippen molar-refractivity contribution in [2.75, 3.05) is 18.8 Å². The van der Waals surface area contributed by atoms with E-state index in [4.69, 9.17) is 5.73 Å². The lowest BCUT2D eigenvalue weighted by Gasteiger charge is -2.05. The van der Waals surface area contributed by atoms with E-state index in [1.807, 2.05) is 36.4 Å². The molecule has 1 atom stereocenters. The van der Waals surface area contributed by atoms with Gasteiger partial charge in [0.05, 0.1) is 6.54 Å². The number of benzene rings is 1. The molecular weight excluding hydrogens is 441 g/mol. The molecule has 7 heteroatoms. The zero-order valence-corrected chi connectivity index (χ0v) is 16.8. The van der Waals surface area contributed by atoms with Crippen molar-refractivity contribution < 1.29 is 4.21 Å². The van der Waals surface area contributed by atoms with Gasteiger partial charge in [0.15, 0.2) is 5.96 Å². The second kappa shape index (κ2) is 11.6. The van der Waals surface area contributed by atoms with Crippen LogP contribution in [0.4, 0.5) is 0 Å². The number of halogens is 1. The summed E-state index contributed by atoms with van der Waals surface area (Å²) < 4.78 is 11.9. The number of thiophene rings is 1. The molecule has 0 amide bonds. The average molecular weight is 463 g/mol. The predicted molar refractivity (Wildman–Crippen MR) is 111 cm³/mol. The maximum Gasteiger partial charge on any atom is 0.188 e. The van der Waals surface area contributed by atoms with Gasteiger partial charge in [-0.05, 0) is 23.4 Å². The summed E-state index contributed by atoms with van der Waals surface area (Å²) in [6.45, 7) is 1.25. The van der Waals surface area contributed by atoms with Crippen LogP contribution in [0.3, 0.4) is 0 Å². The summed E-state index contributed by atoms with van der Waals surface area (Å²) in [5, 5.41) is 5.14. The normalized spacial score (nSPS) is 12.4. The summed E-state index contributed by atoms with van der Waals surface area (Å²) in [5.41, 5.74) is 6.88. The third kappa shape index (κ3) is 8.47. The first kappa shape index (κ1) is 20.1. The Kier molecular flexibility index (Phi) is 10.1. The first-order valence-corrected chi connectivity index (χ1v) is 9.56. The Balaban J connectivity index is 0.00000264. The van der Waals surface area contributed by atoms with Gasteiger partial charge in [0, 0.05) is 33.7 Å². The second-order valence-corrected chi connectivity index (χ2v) is 7.41. The minimum atomic E-state index is -0.906. The van der Waals surface area contributed by atoms with Crippen molar-refractivity contribution in [3.8, 4) is 0 Å². The molecule has 0 saturated heterocycles. The molecule has 2 rings (SSSR count). The van der Waals surface area contributed by atoms with Crippen LogP contribution in [0.1, 0.15) is 10.4 Å². The minimum absolute atomic E-state index is 0. The molecular formula is C16H22IN3OS2. The molecule has 0 radical (unpaired) electrons. The van der Waals surface area contributed by atoms with Crippen molar-refractivity contribution in [1.29, 1.82) is 0 Å². The number of nitrogens with one attached hydrogen (secondary N) is 1. The Bertz CT molecular complexity index is 603. The van der Waals surface area contributed by atoms with Gasteiger partial charge in [0.2, 0.25) is 0 Å². The van der Waals surface area contributed by atoms with Gasteiger partial charge < -0.3 is 11.1 Å². The van der Waals surface area contributed by atoms with Gasteiger partial charge in [-0.2, -0.15) is 0 Å². The summed E-state index contributed by atoms with van der Waals surface area (Å²) in [5.74, 6) is 1.53. The van der Waals surface area contributed by atoms with Crippen LogP contribution < -0.4 is 11.1 Å². The summed E-state index contributed by atoms with van der Waals surface area (Å²) in [6.07, 6.45) is 0.938. The molecule has 0 aliphatic heterocycles. The first-order chi connectivity index (χ1) is 10.7. The maximum atomic E-state index is 11.9. The molecule has 0 aliphatic carbocycles. The topological polar surface area (TPSA) is 67.5 Å². The lowest BCUT2D eigenvalue weighted by molar-refractivity contribution is 0.682. The highest BCUT2D eigenvalue weighted by atomic mass is 127. The van der Waals surface area contributed by atoms with E-state index in [2.05, 4.69) is 21.8 Å². The predicted octanol–water partition coefficient (Wildman–Crippen LogP) is 2.76. The average Bonchev–Trinajstić information content (AvgIpc) is 3.01. The van der Waals surface area contributed by atoms with Gasteiger partial charge >= 0.3 is 0 Å². The lowest BCUT2D eigenvalue weighted by Crippen LogP contribution is -2.33. The largest absolute Gasteiger partial charge is 0.370 e. The summed E-state index contributed by atoms with van der Waals surface area (Å²) in [6, 6.07) is 14.0. The summed E-state index contributed by atoms with van der Waals surface area (Å²) in [7, 11) is -0.906. The van der Waals surface area contributed by atoms with E-state index in [-0.39, 0.29) is 24.0 Å². The quantitative estimate of drug-likeness (QED) is 0.360. The van der Waals surface area contributed by atoms with Gasteiger partial charge in [0.1, 0.15) is 0 Å². The number of hydrogen-bond acceptors (Lipinski definition) is 3. The number of rotatable bonds is 8. The van der Waals surface area contributed by atoms with Gasteiger partial charge in [0.25, 0.3) is 0 Å². The molecule has 1 aromatic heterocycles. The van der Waals surface area contributed by atoms with Crippen molar-refractivity contribution in [3.05, 3.63) is 58.3 Å². The summed E-state index contributed by atoms with van der Waals surface area (Å²) >= 11 is 1.74. The molecule has 0 saturated carbocycles. The Morgan fingerprint density at radius 1 is 1.22 bits per heavy atom. The van der Waals surface area contributed by atoms with E-state index in [0.29, 0.717) is 24.0 Å². The first-order valence-electron chi connectivity index (χ1n) is 7.19. The van der Waals surface area contributed by atoms with Crippen molar-refractivity contribution >= 4 is 52.1 Å². The Morgan fingerprint density at radius 2 is 2.00 bits per heavy atom. The van der Waals surface area contributed by atoms with Crippen LogP contribution in [-0.2, 0) is 23.0 Å². The Morgan fingerprint density at radius 3 is 2.70 bits per heavy atom. The van der Waals surface area contributed by atoms with Crippen LogP contribution in [0.5, 0.6) is 0 Å². The van der Waals surface area contributed by atoms with Crippen LogP contribution in [0.15, 0.2) is 52.8 Å². The molecule has 3 N–H and O–H groups in total. The molecule has 0 spiro atoms. The fourth-order valence-corrected chi connectivity index (χ4v) is 3.64. The van der Waals surface area contributed by atoms with Crippen molar-refractivity contribution in [1.82, 2.24) is 5.32 Å². The van der Waals surface area contributed by atoms with Crippen LogP contribution in [0.2, 0.25) is 0 Å². The smallest absolute Gasteiger partial charge is 0.188 e.